The molecule has 2 aromatic heterocycles. The number of alkyl halides is 3. The Hall–Kier alpha value is -3.02. The van der Waals surface area contributed by atoms with Gasteiger partial charge in [0.25, 0.3) is 0 Å². The van der Waals surface area contributed by atoms with E-state index in [-0.39, 0.29) is 5.54 Å². The Morgan fingerprint density at radius 2 is 1.91 bits per heavy atom. The average Bonchev–Trinajstić information content (AvgIpc) is 2.73. The summed E-state index contributed by atoms with van der Waals surface area (Å²) >= 11 is 0. The van der Waals surface area contributed by atoms with Gasteiger partial charge in [-0.3, -0.25) is 4.90 Å². The molecule has 0 saturated carbocycles. The molecule has 2 saturated heterocycles. The van der Waals surface area contributed by atoms with Crippen LogP contribution in [0, 0.1) is 11.7 Å². The van der Waals surface area contributed by atoms with Crippen molar-refractivity contribution in [2.24, 2.45) is 5.92 Å². The molecule has 1 N–H and O–H groups in total. The van der Waals surface area contributed by atoms with Crippen molar-refractivity contribution in [2.75, 3.05) is 38.2 Å². The molecule has 2 aromatic rings. The number of carbonyl (C=O) groups is 1. The van der Waals surface area contributed by atoms with E-state index in [1.165, 1.54) is 12.4 Å². The third kappa shape index (κ3) is 5.81. The second-order valence-corrected chi connectivity index (χ2v) is 7.84. The van der Waals surface area contributed by atoms with Gasteiger partial charge in [-0.15, -0.1) is 0 Å². The first kappa shape index (κ1) is 23.6. The molecule has 1 unspecified atom stereocenters. The topological polar surface area (TPSA) is 91.7 Å². The minimum absolute atomic E-state index is 0.133. The highest BCUT2D eigenvalue weighted by Gasteiger charge is 2.50. The lowest BCUT2D eigenvalue weighted by Crippen LogP contribution is -2.72. The third-order valence-electron chi connectivity index (χ3n) is 5.56. The fraction of sp³-hybridized carbons (Fsp3) is 0.500. The molecule has 0 radical (unpaired) electrons. The summed E-state index contributed by atoms with van der Waals surface area (Å²) in [5.74, 6) is -1.36. The van der Waals surface area contributed by atoms with Gasteiger partial charge in [-0.05, 0) is 38.4 Å². The number of pyridine rings is 1. The van der Waals surface area contributed by atoms with Crippen LogP contribution in [0.2, 0.25) is 0 Å². The standard InChI is InChI=1S/C18H22FN5O.C2HF3O2/c1-23-7-5-14(11-25-16-4-2-3-6-20-16)8-18(23)12-24(13-18)17-21-9-15(19)10-22-17;3-2(4,5)1(6)7/h2-4,6,9-10,14H,5,7-8,11-13H2,1H3;(H,6,7). The summed E-state index contributed by atoms with van der Waals surface area (Å²) in [6.07, 6.45) is 1.31. The van der Waals surface area contributed by atoms with Crippen LogP contribution in [0.25, 0.3) is 0 Å². The van der Waals surface area contributed by atoms with Gasteiger partial charge in [0.15, 0.2) is 5.82 Å². The Bertz CT molecular complexity index is 892. The van der Waals surface area contributed by atoms with Crippen molar-refractivity contribution in [2.45, 2.75) is 24.6 Å². The van der Waals surface area contributed by atoms with Crippen molar-refractivity contribution in [1.82, 2.24) is 19.9 Å². The Labute approximate surface area is 181 Å². The Morgan fingerprint density at radius 1 is 1.25 bits per heavy atom. The zero-order chi connectivity index (χ0) is 23.4. The van der Waals surface area contributed by atoms with Gasteiger partial charge < -0.3 is 14.7 Å². The van der Waals surface area contributed by atoms with Crippen LogP contribution in [0.5, 0.6) is 5.88 Å². The van der Waals surface area contributed by atoms with Crippen LogP contribution in [0.3, 0.4) is 0 Å². The zero-order valence-electron chi connectivity index (χ0n) is 17.3. The molecule has 0 bridgehead atoms. The Morgan fingerprint density at radius 3 is 2.47 bits per heavy atom. The number of carboxylic acids is 1. The van der Waals surface area contributed by atoms with Crippen LogP contribution in [-0.2, 0) is 4.79 Å². The van der Waals surface area contributed by atoms with Crippen LogP contribution in [0.1, 0.15) is 12.8 Å². The van der Waals surface area contributed by atoms with Gasteiger partial charge in [-0.1, -0.05) is 6.07 Å². The van der Waals surface area contributed by atoms with E-state index in [1.54, 1.807) is 6.20 Å². The molecular weight excluding hydrogens is 434 g/mol. The van der Waals surface area contributed by atoms with Gasteiger partial charge in [0.1, 0.15) is 0 Å². The number of nitrogens with zero attached hydrogens (tertiary/aromatic N) is 5. The number of rotatable bonds is 4. The Balaban J connectivity index is 0.000000360. The van der Waals surface area contributed by atoms with Gasteiger partial charge in [0.05, 0.1) is 24.5 Å². The number of ether oxygens (including phenoxy) is 1. The lowest BCUT2D eigenvalue weighted by molar-refractivity contribution is -0.192. The van der Waals surface area contributed by atoms with Gasteiger partial charge in [-0.25, -0.2) is 24.1 Å². The van der Waals surface area contributed by atoms with Crippen molar-refractivity contribution in [3.8, 4) is 5.88 Å². The van der Waals surface area contributed by atoms with Crippen LogP contribution < -0.4 is 9.64 Å². The van der Waals surface area contributed by atoms with Crippen LogP contribution in [0.15, 0.2) is 36.8 Å². The first-order chi connectivity index (χ1) is 15.1. The van der Waals surface area contributed by atoms with Crippen molar-refractivity contribution in [1.29, 1.82) is 0 Å². The highest BCUT2D eigenvalue weighted by molar-refractivity contribution is 5.73. The zero-order valence-corrected chi connectivity index (χ0v) is 17.3. The smallest absolute Gasteiger partial charge is 0.477 e. The Kier molecular flexibility index (Phi) is 7.12. The lowest BCUT2D eigenvalue weighted by atomic mass is 9.75. The maximum absolute atomic E-state index is 13.0. The predicted molar refractivity (Wildman–Crippen MR) is 106 cm³/mol. The molecule has 174 valence electrons. The first-order valence-corrected chi connectivity index (χ1v) is 9.87. The maximum Gasteiger partial charge on any atom is 0.490 e. The van der Waals surface area contributed by atoms with Gasteiger partial charge >= 0.3 is 12.1 Å². The maximum atomic E-state index is 13.0. The molecule has 4 heterocycles. The van der Waals surface area contributed by atoms with Crippen molar-refractivity contribution in [3.63, 3.8) is 0 Å². The van der Waals surface area contributed by atoms with Crippen LogP contribution in [-0.4, -0.2) is 75.9 Å². The lowest BCUT2D eigenvalue weighted by Gasteiger charge is -2.58. The molecule has 2 aliphatic rings. The third-order valence-corrected chi connectivity index (χ3v) is 5.56. The summed E-state index contributed by atoms with van der Waals surface area (Å²) in [5.41, 5.74) is 0.133. The molecule has 2 aliphatic heterocycles. The van der Waals surface area contributed by atoms with Gasteiger partial charge in [0, 0.05) is 25.4 Å². The second-order valence-electron chi connectivity index (χ2n) is 7.84. The summed E-state index contributed by atoms with van der Waals surface area (Å²) in [6.45, 7) is 3.48. The number of hydrogen-bond acceptors (Lipinski definition) is 7. The van der Waals surface area contributed by atoms with Crippen molar-refractivity contribution < 1.29 is 32.2 Å². The fourth-order valence-corrected chi connectivity index (χ4v) is 3.83. The molecule has 0 aliphatic carbocycles. The number of halogens is 4. The molecule has 0 aromatic carbocycles. The molecular formula is C20H23F4N5O3. The minimum atomic E-state index is -5.08. The van der Waals surface area contributed by atoms with Crippen molar-refractivity contribution in [3.05, 3.63) is 42.6 Å². The van der Waals surface area contributed by atoms with E-state index in [4.69, 9.17) is 14.6 Å². The number of carboxylic acid groups (broad SMARTS) is 1. The van der Waals surface area contributed by atoms with Crippen LogP contribution in [0.4, 0.5) is 23.5 Å². The van der Waals surface area contributed by atoms with E-state index < -0.39 is 18.0 Å². The molecule has 2 fully saturated rings. The monoisotopic (exact) mass is 457 g/mol. The van der Waals surface area contributed by atoms with E-state index in [0.717, 1.165) is 32.5 Å². The molecule has 32 heavy (non-hydrogen) atoms. The summed E-state index contributed by atoms with van der Waals surface area (Å²) in [5, 5.41) is 7.12. The van der Waals surface area contributed by atoms with E-state index >= 15 is 0 Å². The number of piperidine rings is 1. The molecule has 12 heteroatoms. The van der Waals surface area contributed by atoms with E-state index in [2.05, 4.69) is 31.8 Å². The predicted octanol–water partition coefficient (Wildman–Crippen LogP) is 2.62. The highest BCUT2D eigenvalue weighted by atomic mass is 19.4. The SMILES string of the molecule is CN1CCC(COc2ccccn2)CC12CN(c1ncc(F)cn1)C2.O=C(O)C(F)(F)F. The quantitative estimate of drug-likeness (QED) is 0.701. The minimum Gasteiger partial charge on any atom is -0.477 e. The van der Waals surface area contributed by atoms with E-state index in [1.807, 2.05) is 18.2 Å². The van der Waals surface area contributed by atoms with Crippen LogP contribution >= 0.6 is 0 Å². The second kappa shape index (κ2) is 9.63. The summed E-state index contributed by atoms with van der Waals surface area (Å²) in [7, 11) is 2.18. The molecule has 0 amide bonds. The summed E-state index contributed by atoms with van der Waals surface area (Å²) in [4.78, 5) is 25.8. The highest BCUT2D eigenvalue weighted by Crippen LogP contribution is 2.39. The van der Waals surface area contributed by atoms with Crippen molar-refractivity contribution >= 4 is 11.9 Å². The number of aliphatic carboxylic acids is 1. The number of likely N-dealkylation sites (tertiary alicyclic amines) is 1. The summed E-state index contributed by atoms with van der Waals surface area (Å²) < 4.78 is 50.6. The molecule has 4 rings (SSSR count). The number of anilines is 1. The van der Waals surface area contributed by atoms with Gasteiger partial charge in [-0.2, -0.15) is 13.2 Å². The largest absolute Gasteiger partial charge is 0.490 e. The first-order valence-electron chi connectivity index (χ1n) is 9.87. The van der Waals surface area contributed by atoms with E-state index in [0.29, 0.717) is 24.4 Å². The van der Waals surface area contributed by atoms with Gasteiger partial charge in [0.2, 0.25) is 11.8 Å². The van der Waals surface area contributed by atoms with E-state index in [9.17, 15) is 17.6 Å². The molecule has 1 atom stereocenters. The molecule has 8 nitrogen and oxygen atoms in total. The summed E-state index contributed by atoms with van der Waals surface area (Å²) in [6, 6.07) is 5.71. The number of likely N-dealkylation sites (N-methyl/N-ethyl adjacent to an activating group) is 1. The fourth-order valence-electron chi connectivity index (χ4n) is 3.83. The average molecular weight is 457 g/mol. The normalized spacial score (nSPS) is 20.2. The number of hydrogen-bond donors (Lipinski definition) is 1. The number of aromatic nitrogens is 3. The molecule has 1 spiro atoms.